The van der Waals surface area contributed by atoms with E-state index in [0.717, 1.165) is 10.6 Å². The van der Waals surface area contributed by atoms with Gasteiger partial charge in [0, 0.05) is 17.3 Å². The van der Waals surface area contributed by atoms with E-state index in [1.807, 2.05) is 40.1 Å². The summed E-state index contributed by atoms with van der Waals surface area (Å²) in [4.78, 5) is 12.9. The lowest BCUT2D eigenvalue weighted by atomic mass is 10.2. The van der Waals surface area contributed by atoms with Crippen LogP contribution in [0.4, 0.5) is 5.69 Å². The average molecular weight is 227 g/mol. The third kappa shape index (κ3) is 2.96. The second-order valence-corrected chi connectivity index (χ2v) is 5.42. The van der Waals surface area contributed by atoms with Gasteiger partial charge in [0.25, 0.3) is 0 Å². The summed E-state index contributed by atoms with van der Waals surface area (Å²) in [6, 6.07) is 0. The van der Waals surface area contributed by atoms with Gasteiger partial charge in [-0.2, -0.15) is 0 Å². The van der Waals surface area contributed by atoms with Crippen LogP contribution in [0.1, 0.15) is 36.0 Å². The van der Waals surface area contributed by atoms with Crippen molar-refractivity contribution in [3.05, 3.63) is 15.8 Å². The largest absolute Gasteiger partial charge is 0.456 e. The van der Waals surface area contributed by atoms with Gasteiger partial charge in [-0.15, -0.1) is 11.3 Å². The van der Waals surface area contributed by atoms with E-state index in [1.54, 1.807) is 11.3 Å². The molecule has 1 heterocycles. The number of rotatable bonds is 2. The molecule has 1 N–H and O–H groups in total. The highest BCUT2D eigenvalue weighted by Gasteiger charge is 2.21. The minimum atomic E-state index is -0.446. The molecule has 0 saturated carbocycles. The molecule has 1 rings (SSSR count). The molecule has 0 aliphatic heterocycles. The van der Waals surface area contributed by atoms with Crippen molar-refractivity contribution in [3.63, 3.8) is 0 Å². The molecule has 0 spiro atoms. The van der Waals surface area contributed by atoms with E-state index in [2.05, 4.69) is 5.32 Å². The Balaban J connectivity index is 2.92. The maximum absolute atomic E-state index is 11.8. The van der Waals surface area contributed by atoms with E-state index < -0.39 is 5.60 Å². The average Bonchev–Trinajstić information content (AvgIpc) is 2.43. The lowest BCUT2D eigenvalue weighted by Gasteiger charge is -2.19. The van der Waals surface area contributed by atoms with Crippen LogP contribution in [0.3, 0.4) is 0 Å². The van der Waals surface area contributed by atoms with Crippen LogP contribution in [0.5, 0.6) is 0 Å². The van der Waals surface area contributed by atoms with Gasteiger partial charge in [0.2, 0.25) is 0 Å². The second-order valence-electron chi connectivity index (χ2n) is 4.33. The molecule has 3 nitrogen and oxygen atoms in total. The molecule has 0 aliphatic rings. The summed E-state index contributed by atoms with van der Waals surface area (Å²) in [7, 11) is 1.81. The first kappa shape index (κ1) is 12.0. The summed E-state index contributed by atoms with van der Waals surface area (Å²) in [5.41, 5.74) is 1.04. The van der Waals surface area contributed by atoms with Crippen molar-refractivity contribution in [2.24, 2.45) is 0 Å². The molecule has 0 unspecified atom stereocenters. The standard InChI is InChI=1S/C11H17NO2S/c1-7-9(12-5)8(6-15-7)10(13)14-11(2,3)4/h6,12H,1-5H3. The second kappa shape index (κ2) is 4.23. The number of thiophene rings is 1. The maximum atomic E-state index is 11.8. The fourth-order valence-corrected chi connectivity index (χ4v) is 2.09. The monoisotopic (exact) mass is 227 g/mol. The number of hydrogen-bond acceptors (Lipinski definition) is 4. The third-order valence-electron chi connectivity index (χ3n) is 1.84. The fraction of sp³-hybridized carbons (Fsp3) is 0.545. The molecule has 1 aromatic rings. The molecule has 15 heavy (non-hydrogen) atoms. The zero-order valence-electron chi connectivity index (χ0n) is 9.80. The smallest absolute Gasteiger partial charge is 0.341 e. The molecule has 0 bridgehead atoms. The molecular weight excluding hydrogens is 210 g/mol. The van der Waals surface area contributed by atoms with Crippen LogP contribution in [-0.2, 0) is 4.74 Å². The SMILES string of the molecule is CNc1c(C(=O)OC(C)(C)C)csc1C. The molecular formula is C11H17NO2S. The van der Waals surface area contributed by atoms with E-state index in [4.69, 9.17) is 4.74 Å². The van der Waals surface area contributed by atoms with Crippen LogP contribution in [0.2, 0.25) is 0 Å². The molecule has 0 aliphatic carbocycles. The van der Waals surface area contributed by atoms with Gasteiger partial charge in [0.05, 0.1) is 11.3 Å². The Labute approximate surface area is 94.5 Å². The lowest BCUT2D eigenvalue weighted by Crippen LogP contribution is -2.24. The molecule has 1 aromatic heterocycles. The Bertz CT molecular complexity index is 363. The van der Waals surface area contributed by atoms with Gasteiger partial charge < -0.3 is 10.1 Å². The highest BCUT2D eigenvalue weighted by molar-refractivity contribution is 7.10. The highest BCUT2D eigenvalue weighted by atomic mass is 32.1. The summed E-state index contributed by atoms with van der Waals surface area (Å²) in [5.74, 6) is -0.267. The van der Waals surface area contributed by atoms with Gasteiger partial charge in [-0.1, -0.05) is 0 Å². The Kier molecular flexibility index (Phi) is 3.39. The fourth-order valence-electron chi connectivity index (χ4n) is 1.25. The predicted molar refractivity (Wildman–Crippen MR) is 63.8 cm³/mol. The minimum Gasteiger partial charge on any atom is -0.456 e. The van der Waals surface area contributed by atoms with Crippen molar-refractivity contribution in [1.82, 2.24) is 0 Å². The van der Waals surface area contributed by atoms with Crippen LogP contribution < -0.4 is 5.32 Å². The topological polar surface area (TPSA) is 38.3 Å². The zero-order chi connectivity index (χ0) is 11.6. The van der Waals surface area contributed by atoms with Gasteiger partial charge >= 0.3 is 5.97 Å². The van der Waals surface area contributed by atoms with Crippen LogP contribution in [0, 0.1) is 6.92 Å². The molecule has 0 saturated heterocycles. The van der Waals surface area contributed by atoms with Crippen molar-refractivity contribution in [2.45, 2.75) is 33.3 Å². The first-order valence-corrected chi connectivity index (χ1v) is 5.72. The molecule has 0 aromatic carbocycles. The Hall–Kier alpha value is -1.03. The van der Waals surface area contributed by atoms with Crippen LogP contribution >= 0.6 is 11.3 Å². The number of nitrogens with one attached hydrogen (secondary N) is 1. The van der Waals surface area contributed by atoms with Gasteiger partial charge in [0.15, 0.2) is 0 Å². The highest BCUT2D eigenvalue weighted by Crippen LogP contribution is 2.28. The Morgan fingerprint density at radius 2 is 2.07 bits per heavy atom. The van der Waals surface area contributed by atoms with Gasteiger partial charge in [-0.3, -0.25) is 0 Å². The molecule has 0 amide bonds. The van der Waals surface area contributed by atoms with Crippen molar-refractivity contribution in [1.29, 1.82) is 0 Å². The summed E-state index contributed by atoms with van der Waals surface area (Å²) < 4.78 is 5.31. The van der Waals surface area contributed by atoms with E-state index >= 15 is 0 Å². The Morgan fingerprint density at radius 1 is 1.47 bits per heavy atom. The van der Waals surface area contributed by atoms with Gasteiger partial charge in [-0.25, -0.2) is 4.79 Å². The lowest BCUT2D eigenvalue weighted by molar-refractivity contribution is 0.00712. The molecule has 84 valence electrons. The Morgan fingerprint density at radius 3 is 2.53 bits per heavy atom. The molecule has 0 radical (unpaired) electrons. The summed E-state index contributed by atoms with van der Waals surface area (Å²) in [6.07, 6.45) is 0. The number of hydrogen-bond donors (Lipinski definition) is 1. The predicted octanol–water partition coefficient (Wildman–Crippen LogP) is 3.05. The molecule has 0 fully saturated rings. The maximum Gasteiger partial charge on any atom is 0.341 e. The third-order valence-corrected chi connectivity index (χ3v) is 2.75. The molecule has 4 heteroatoms. The van der Waals surface area contributed by atoms with Gasteiger partial charge in [0.1, 0.15) is 5.60 Å². The van der Waals surface area contributed by atoms with Crippen LogP contribution in [-0.4, -0.2) is 18.6 Å². The number of aryl methyl sites for hydroxylation is 1. The summed E-state index contributed by atoms with van der Waals surface area (Å²) >= 11 is 1.55. The number of carbonyl (C=O) groups is 1. The minimum absolute atomic E-state index is 0.267. The van der Waals surface area contributed by atoms with Gasteiger partial charge in [-0.05, 0) is 27.7 Å². The molecule has 0 atom stereocenters. The van der Waals surface area contributed by atoms with Crippen LogP contribution in [0.25, 0.3) is 0 Å². The number of esters is 1. The van der Waals surface area contributed by atoms with E-state index in [-0.39, 0.29) is 5.97 Å². The van der Waals surface area contributed by atoms with Crippen molar-refractivity contribution >= 4 is 23.0 Å². The first-order valence-electron chi connectivity index (χ1n) is 4.84. The summed E-state index contributed by atoms with van der Waals surface area (Å²) in [6.45, 7) is 7.57. The van der Waals surface area contributed by atoms with E-state index in [9.17, 15) is 4.79 Å². The normalized spacial score (nSPS) is 11.3. The number of ether oxygens (including phenoxy) is 1. The van der Waals surface area contributed by atoms with Crippen molar-refractivity contribution in [2.75, 3.05) is 12.4 Å². The number of carbonyl (C=O) groups excluding carboxylic acids is 1. The zero-order valence-corrected chi connectivity index (χ0v) is 10.6. The quantitative estimate of drug-likeness (QED) is 0.789. The van der Waals surface area contributed by atoms with Crippen molar-refractivity contribution < 1.29 is 9.53 Å². The number of anilines is 1. The summed E-state index contributed by atoms with van der Waals surface area (Å²) in [5, 5.41) is 4.85. The first-order chi connectivity index (χ1) is 6.85. The van der Waals surface area contributed by atoms with Crippen LogP contribution in [0.15, 0.2) is 5.38 Å². The van der Waals surface area contributed by atoms with E-state index in [0.29, 0.717) is 5.56 Å². The van der Waals surface area contributed by atoms with E-state index in [1.165, 1.54) is 0 Å². The van der Waals surface area contributed by atoms with Crippen molar-refractivity contribution in [3.8, 4) is 0 Å².